The normalized spacial score (nSPS) is 9.67. The minimum absolute atomic E-state index is 0.167. The number of carbonyl (C=O) groups excluding carboxylic acids is 1. The van der Waals surface area contributed by atoms with Crippen LogP contribution in [0.25, 0.3) is 0 Å². The van der Waals surface area contributed by atoms with Crippen molar-refractivity contribution in [2.24, 2.45) is 0 Å². The summed E-state index contributed by atoms with van der Waals surface area (Å²) in [6.07, 6.45) is 0. The van der Waals surface area contributed by atoms with Crippen LogP contribution in [-0.2, 0) is 4.79 Å². The molecule has 2 aromatic rings. The average molecular weight is 327 g/mol. The van der Waals surface area contributed by atoms with Gasteiger partial charge in [-0.05, 0) is 30.3 Å². The van der Waals surface area contributed by atoms with E-state index in [1.54, 1.807) is 24.3 Å². The van der Waals surface area contributed by atoms with Crippen molar-refractivity contribution in [3.63, 3.8) is 0 Å². The third-order valence-corrected chi connectivity index (χ3v) is 3.02. The number of ether oxygens (including phenoxy) is 2. The lowest BCUT2D eigenvalue weighted by molar-refractivity contribution is -0.384. The molecule has 0 fully saturated rings. The Kier molecular flexibility index (Phi) is 5.31. The Balaban J connectivity index is 2.02. The topological polar surface area (TPSA) is 114 Å². The van der Waals surface area contributed by atoms with E-state index in [9.17, 15) is 14.9 Å². The maximum Gasteiger partial charge on any atom is 0.271 e. The number of nitrogens with one attached hydrogen (secondary N) is 1. The van der Waals surface area contributed by atoms with Gasteiger partial charge in [0.2, 0.25) is 0 Å². The van der Waals surface area contributed by atoms with Crippen molar-refractivity contribution >= 4 is 17.3 Å². The summed E-state index contributed by atoms with van der Waals surface area (Å²) in [6.45, 7) is -0.294. The van der Waals surface area contributed by atoms with Crippen molar-refractivity contribution in [2.45, 2.75) is 0 Å². The molecule has 0 aromatic heterocycles. The van der Waals surface area contributed by atoms with E-state index < -0.39 is 10.8 Å². The van der Waals surface area contributed by atoms with Crippen molar-refractivity contribution in [1.29, 1.82) is 5.26 Å². The summed E-state index contributed by atoms with van der Waals surface area (Å²) >= 11 is 0. The molecule has 0 aliphatic heterocycles. The second-order valence-corrected chi connectivity index (χ2v) is 4.61. The first-order chi connectivity index (χ1) is 11.5. The van der Waals surface area contributed by atoms with Gasteiger partial charge >= 0.3 is 0 Å². The lowest BCUT2D eigenvalue weighted by Crippen LogP contribution is -2.20. The van der Waals surface area contributed by atoms with Gasteiger partial charge in [-0.3, -0.25) is 14.9 Å². The monoisotopic (exact) mass is 327 g/mol. The molecule has 0 spiro atoms. The molecule has 0 unspecified atom stereocenters. The number of nitro benzene ring substituents is 1. The number of nitrogens with zero attached hydrogens (tertiary/aromatic N) is 2. The molecule has 0 heterocycles. The third-order valence-electron chi connectivity index (χ3n) is 3.02. The summed E-state index contributed by atoms with van der Waals surface area (Å²) in [5.41, 5.74) is 0.493. The Morgan fingerprint density at radius 1 is 1.29 bits per heavy atom. The van der Waals surface area contributed by atoms with Gasteiger partial charge < -0.3 is 14.8 Å². The molecule has 122 valence electrons. The van der Waals surface area contributed by atoms with Crippen LogP contribution in [0.2, 0.25) is 0 Å². The van der Waals surface area contributed by atoms with E-state index in [2.05, 4.69) is 5.32 Å². The molecule has 1 amide bonds. The number of methoxy groups -OCH3 is 1. The number of carbonyl (C=O) groups is 1. The maximum absolute atomic E-state index is 11.9. The fraction of sp³-hybridized carbons (Fsp3) is 0.125. The van der Waals surface area contributed by atoms with Crippen LogP contribution < -0.4 is 14.8 Å². The van der Waals surface area contributed by atoms with Gasteiger partial charge in [0.1, 0.15) is 11.5 Å². The average Bonchev–Trinajstić information content (AvgIpc) is 2.60. The second kappa shape index (κ2) is 7.60. The predicted molar refractivity (Wildman–Crippen MR) is 84.9 cm³/mol. The van der Waals surface area contributed by atoms with Crippen molar-refractivity contribution in [2.75, 3.05) is 19.0 Å². The molecule has 0 aliphatic rings. The van der Waals surface area contributed by atoms with Crippen LogP contribution in [0.4, 0.5) is 11.4 Å². The Bertz CT molecular complexity index is 796. The highest BCUT2D eigenvalue weighted by atomic mass is 16.6. The largest absolute Gasteiger partial charge is 0.495 e. The predicted octanol–water partition coefficient (Wildman–Crippen LogP) is 2.49. The lowest BCUT2D eigenvalue weighted by atomic mass is 10.2. The van der Waals surface area contributed by atoms with Crippen molar-refractivity contribution in [3.05, 3.63) is 58.1 Å². The van der Waals surface area contributed by atoms with E-state index in [0.717, 1.165) is 0 Å². The van der Waals surface area contributed by atoms with E-state index in [-0.39, 0.29) is 18.0 Å². The van der Waals surface area contributed by atoms with Crippen molar-refractivity contribution in [3.8, 4) is 17.6 Å². The summed E-state index contributed by atoms with van der Waals surface area (Å²) in [4.78, 5) is 22.2. The van der Waals surface area contributed by atoms with Gasteiger partial charge in [0.25, 0.3) is 11.6 Å². The Morgan fingerprint density at radius 3 is 2.58 bits per heavy atom. The zero-order valence-electron chi connectivity index (χ0n) is 12.7. The number of hydrogen-bond donors (Lipinski definition) is 1. The number of benzene rings is 2. The SMILES string of the molecule is COc1ccc([N+](=O)[O-])cc1NC(=O)COc1ccc(C#N)cc1. The molecule has 8 nitrogen and oxygen atoms in total. The van der Waals surface area contributed by atoms with Crippen LogP contribution in [-0.4, -0.2) is 24.5 Å². The van der Waals surface area contributed by atoms with E-state index in [4.69, 9.17) is 14.7 Å². The molecule has 2 rings (SSSR count). The third kappa shape index (κ3) is 4.20. The molecule has 2 aromatic carbocycles. The number of nitro groups is 1. The molecule has 0 saturated carbocycles. The Hall–Kier alpha value is -3.60. The Labute approximate surface area is 137 Å². The molecule has 0 atom stereocenters. The van der Waals surface area contributed by atoms with Crippen LogP contribution in [0.15, 0.2) is 42.5 Å². The summed E-state index contributed by atoms with van der Waals surface area (Å²) in [7, 11) is 1.39. The maximum atomic E-state index is 11.9. The van der Waals surface area contributed by atoms with E-state index in [0.29, 0.717) is 17.1 Å². The fourth-order valence-electron chi connectivity index (χ4n) is 1.87. The van der Waals surface area contributed by atoms with Crippen LogP contribution in [0.3, 0.4) is 0 Å². The van der Waals surface area contributed by atoms with Crippen LogP contribution in [0, 0.1) is 21.4 Å². The standard InChI is InChI=1S/C16H13N3O5/c1-23-15-7-4-12(19(21)22)8-14(15)18-16(20)10-24-13-5-2-11(9-17)3-6-13/h2-8H,10H2,1H3,(H,18,20). The first-order valence-corrected chi connectivity index (χ1v) is 6.78. The minimum atomic E-state index is -0.567. The smallest absolute Gasteiger partial charge is 0.271 e. The van der Waals surface area contributed by atoms with Crippen molar-refractivity contribution in [1.82, 2.24) is 0 Å². The van der Waals surface area contributed by atoms with E-state index in [1.165, 1.54) is 25.3 Å². The highest BCUT2D eigenvalue weighted by Crippen LogP contribution is 2.28. The summed E-state index contributed by atoms with van der Waals surface area (Å²) in [5, 5.41) is 22.0. The molecule has 8 heteroatoms. The minimum Gasteiger partial charge on any atom is -0.495 e. The number of rotatable bonds is 6. The van der Waals surface area contributed by atoms with Gasteiger partial charge in [0.05, 0.1) is 29.4 Å². The number of hydrogen-bond acceptors (Lipinski definition) is 6. The van der Waals surface area contributed by atoms with Gasteiger partial charge in [0.15, 0.2) is 6.61 Å². The van der Waals surface area contributed by atoms with Gasteiger partial charge in [-0.15, -0.1) is 0 Å². The first kappa shape index (κ1) is 16.8. The number of amides is 1. The highest BCUT2D eigenvalue weighted by Gasteiger charge is 2.14. The molecule has 1 N–H and O–H groups in total. The molecule has 24 heavy (non-hydrogen) atoms. The number of anilines is 1. The zero-order valence-corrected chi connectivity index (χ0v) is 12.7. The summed E-state index contributed by atoms with van der Waals surface area (Å²) in [6, 6.07) is 12.1. The summed E-state index contributed by atoms with van der Waals surface area (Å²) < 4.78 is 10.4. The Morgan fingerprint density at radius 2 is 2.00 bits per heavy atom. The number of nitriles is 1. The van der Waals surface area contributed by atoms with Crippen LogP contribution in [0.5, 0.6) is 11.5 Å². The van der Waals surface area contributed by atoms with Gasteiger partial charge in [-0.25, -0.2) is 0 Å². The molecule has 0 aliphatic carbocycles. The molecular weight excluding hydrogens is 314 g/mol. The van der Waals surface area contributed by atoms with E-state index >= 15 is 0 Å². The molecule has 0 radical (unpaired) electrons. The second-order valence-electron chi connectivity index (χ2n) is 4.61. The fourth-order valence-corrected chi connectivity index (χ4v) is 1.87. The number of non-ortho nitro benzene ring substituents is 1. The van der Waals surface area contributed by atoms with Gasteiger partial charge in [0, 0.05) is 12.1 Å². The van der Waals surface area contributed by atoms with E-state index in [1.807, 2.05) is 6.07 Å². The first-order valence-electron chi connectivity index (χ1n) is 6.78. The van der Waals surface area contributed by atoms with Gasteiger partial charge in [-0.2, -0.15) is 5.26 Å². The molecular formula is C16H13N3O5. The van der Waals surface area contributed by atoms with Crippen LogP contribution >= 0.6 is 0 Å². The summed E-state index contributed by atoms with van der Waals surface area (Å²) in [5.74, 6) is 0.223. The van der Waals surface area contributed by atoms with Gasteiger partial charge in [-0.1, -0.05) is 0 Å². The zero-order chi connectivity index (χ0) is 17.5. The molecule has 0 saturated heterocycles. The van der Waals surface area contributed by atoms with Crippen LogP contribution in [0.1, 0.15) is 5.56 Å². The highest BCUT2D eigenvalue weighted by molar-refractivity contribution is 5.93. The lowest BCUT2D eigenvalue weighted by Gasteiger charge is -2.10. The van der Waals surface area contributed by atoms with Crippen molar-refractivity contribution < 1.29 is 19.2 Å². The molecule has 0 bridgehead atoms. The quantitative estimate of drug-likeness (QED) is 0.644.